The second-order valence-electron chi connectivity index (χ2n) is 2.34. The molecular formula is C5H7N5O. The third kappa shape index (κ3) is 0.666. The molecule has 0 aromatic carbocycles. The molecule has 2 aliphatic rings. The van der Waals surface area contributed by atoms with Crippen molar-refractivity contribution in [3.05, 3.63) is 0 Å². The number of hydrogen-bond donors (Lipinski definition) is 3. The average Bonchev–Trinajstić information content (AvgIpc) is 2.34. The van der Waals surface area contributed by atoms with E-state index in [1.165, 1.54) is 12.7 Å². The number of nitrogens with one attached hydrogen (secondary N) is 1. The lowest BCUT2D eigenvalue weighted by molar-refractivity contribution is 0.0815. The highest BCUT2D eigenvalue weighted by molar-refractivity contribution is 5.98. The van der Waals surface area contributed by atoms with Gasteiger partial charge in [0.1, 0.15) is 6.34 Å². The molecule has 6 nitrogen and oxygen atoms in total. The summed E-state index contributed by atoms with van der Waals surface area (Å²) in [4.78, 5) is 11.3. The van der Waals surface area contributed by atoms with Crippen LogP contribution in [0.25, 0.3) is 0 Å². The summed E-state index contributed by atoms with van der Waals surface area (Å²) in [6.07, 6.45) is 2.08. The molecule has 0 fully saturated rings. The van der Waals surface area contributed by atoms with E-state index in [4.69, 9.17) is 5.73 Å². The second kappa shape index (κ2) is 1.79. The van der Waals surface area contributed by atoms with Crippen LogP contribution in [0.15, 0.2) is 15.0 Å². The van der Waals surface area contributed by atoms with Crippen LogP contribution < -0.4 is 11.1 Å². The van der Waals surface area contributed by atoms with Crippen LogP contribution in [0.3, 0.4) is 0 Å². The van der Waals surface area contributed by atoms with Crippen molar-refractivity contribution in [2.45, 2.75) is 11.9 Å². The van der Waals surface area contributed by atoms with Gasteiger partial charge < -0.3 is 16.2 Å². The van der Waals surface area contributed by atoms with Crippen LogP contribution in [0.2, 0.25) is 0 Å². The molecule has 0 aromatic rings. The van der Waals surface area contributed by atoms with Crippen LogP contribution in [0.5, 0.6) is 0 Å². The van der Waals surface area contributed by atoms with Gasteiger partial charge in [0, 0.05) is 0 Å². The molecule has 0 bridgehead atoms. The summed E-state index contributed by atoms with van der Waals surface area (Å²) in [6, 6.07) is 0. The van der Waals surface area contributed by atoms with E-state index in [0.717, 1.165) is 0 Å². The minimum absolute atomic E-state index is 0.0926. The van der Waals surface area contributed by atoms with Crippen molar-refractivity contribution in [3.63, 3.8) is 0 Å². The number of aliphatic imine (C=N–C) groups is 3. The molecule has 2 atom stereocenters. The predicted octanol–water partition coefficient (Wildman–Crippen LogP) is -1.97. The van der Waals surface area contributed by atoms with E-state index in [1.54, 1.807) is 0 Å². The molecule has 0 radical (unpaired) electrons. The van der Waals surface area contributed by atoms with Crippen molar-refractivity contribution >= 4 is 18.5 Å². The van der Waals surface area contributed by atoms with Crippen LogP contribution >= 0.6 is 0 Å². The van der Waals surface area contributed by atoms with Gasteiger partial charge in [-0.05, 0) is 0 Å². The summed E-state index contributed by atoms with van der Waals surface area (Å²) in [5.74, 6) is 0.0926. The highest BCUT2D eigenvalue weighted by atomic mass is 16.3. The quantitative estimate of drug-likeness (QED) is 0.376. The van der Waals surface area contributed by atoms with Crippen molar-refractivity contribution in [2.24, 2.45) is 20.7 Å². The van der Waals surface area contributed by atoms with Gasteiger partial charge in [-0.15, -0.1) is 0 Å². The van der Waals surface area contributed by atoms with Gasteiger partial charge >= 0.3 is 0 Å². The van der Waals surface area contributed by atoms with E-state index in [-0.39, 0.29) is 5.84 Å². The Morgan fingerprint density at radius 3 is 3.18 bits per heavy atom. The monoisotopic (exact) mass is 153 g/mol. The molecule has 0 amide bonds. The fraction of sp³-hybridized carbons (Fsp3) is 0.400. The molecule has 2 aliphatic heterocycles. The summed E-state index contributed by atoms with van der Waals surface area (Å²) in [5, 5.41) is 12.3. The Morgan fingerprint density at radius 1 is 1.64 bits per heavy atom. The molecule has 58 valence electrons. The molecule has 2 heterocycles. The average molecular weight is 153 g/mol. The minimum atomic E-state index is -1.39. The van der Waals surface area contributed by atoms with E-state index in [9.17, 15) is 5.11 Å². The molecule has 0 spiro atoms. The Morgan fingerprint density at radius 2 is 2.45 bits per heavy atom. The van der Waals surface area contributed by atoms with Crippen molar-refractivity contribution < 1.29 is 5.11 Å². The van der Waals surface area contributed by atoms with Gasteiger partial charge in [0.25, 0.3) is 0 Å². The maximum atomic E-state index is 9.67. The van der Waals surface area contributed by atoms with Crippen LogP contribution in [0.1, 0.15) is 0 Å². The number of rotatable bonds is 0. The largest absolute Gasteiger partial charge is 0.383 e. The van der Waals surface area contributed by atoms with Crippen molar-refractivity contribution in [1.29, 1.82) is 0 Å². The van der Waals surface area contributed by atoms with Gasteiger partial charge in [0.15, 0.2) is 12.0 Å². The van der Waals surface area contributed by atoms with Crippen LogP contribution in [0.4, 0.5) is 0 Å². The van der Waals surface area contributed by atoms with E-state index in [1.807, 2.05) is 0 Å². The molecule has 11 heavy (non-hydrogen) atoms. The summed E-state index contributed by atoms with van der Waals surface area (Å²) in [6.45, 7) is 0. The molecule has 0 aliphatic carbocycles. The number of aliphatic hydroxyl groups is 1. The third-order valence-electron chi connectivity index (χ3n) is 1.67. The topological polar surface area (TPSA) is 95.4 Å². The van der Waals surface area contributed by atoms with Gasteiger partial charge in [0.2, 0.25) is 5.72 Å². The van der Waals surface area contributed by atoms with Crippen LogP contribution in [0, 0.1) is 0 Å². The maximum Gasteiger partial charge on any atom is 0.239 e. The Balaban J connectivity index is 2.41. The maximum absolute atomic E-state index is 9.67. The number of nitrogens with zero attached hydrogens (tertiary/aromatic N) is 3. The molecule has 0 saturated heterocycles. The molecule has 2 rings (SSSR count). The molecule has 4 N–H and O–H groups in total. The Labute approximate surface area is 62.6 Å². The number of nitrogens with two attached hydrogens (primary N) is 1. The standard InChI is InChI=1S/C5H7N5O/c6-3-5(11)4(8-1-7-3)9-2-10-5/h1-2,4,11H,(H,9,10)(H2,6,7,8)/t4-,5-/m0/s1. The first kappa shape index (κ1) is 6.29. The van der Waals surface area contributed by atoms with Crippen molar-refractivity contribution in [1.82, 2.24) is 5.32 Å². The minimum Gasteiger partial charge on any atom is -0.383 e. The zero-order valence-corrected chi connectivity index (χ0v) is 5.60. The Bertz CT molecular complexity index is 270. The van der Waals surface area contributed by atoms with E-state index < -0.39 is 11.9 Å². The highest BCUT2D eigenvalue weighted by Crippen LogP contribution is 2.18. The molecule has 6 heteroatoms. The summed E-state index contributed by atoms with van der Waals surface area (Å²) in [5.41, 5.74) is 4.03. The van der Waals surface area contributed by atoms with Gasteiger partial charge in [0.05, 0.1) is 6.34 Å². The number of hydrogen-bond acceptors (Lipinski definition) is 6. The first-order chi connectivity index (χ1) is 5.23. The zero-order chi connectivity index (χ0) is 7.90. The lowest BCUT2D eigenvalue weighted by Gasteiger charge is -2.27. The molecule has 0 unspecified atom stereocenters. The summed E-state index contributed by atoms with van der Waals surface area (Å²) >= 11 is 0. The van der Waals surface area contributed by atoms with Crippen molar-refractivity contribution in [2.75, 3.05) is 0 Å². The SMILES string of the molecule is NC1=NC=N[C@H]2N=CN[C@]12O. The zero-order valence-electron chi connectivity index (χ0n) is 5.60. The van der Waals surface area contributed by atoms with E-state index >= 15 is 0 Å². The Kier molecular flexibility index (Phi) is 1.02. The first-order valence-electron chi connectivity index (χ1n) is 3.10. The van der Waals surface area contributed by atoms with Crippen LogP contribution in [-0.4, -0.2) is 35.5 Å². The lowest BCUT2D eigenvalue weighted by atomic mass is 10.1. The number of amidine groups is 1. The molecule has 0 saturated carbocycles. The van der Waals surface area contributed by atoms with Gasteiger partial charge in [-0.25, -0.2) is 15.0 Å². The van der Waals surface area contributed by atoms with Crippen molar-refractivity contribution in [3.8, 4) is 0 Å². The Hall–Kier alpha value is -1.43. The lowest BCUT2D eigenvalue weighted by Crippen LogP contribution is -2.59. The van der Waals surface area contributed by atoms with Gasteiger partial charge in [-0.1, -0.05) is 0 Å². The van der Waals surface area contributed by atoms with Gasteiger partial charge in [-0.2, -0.15) is 0 Å². The predicted molar refractivity (Wildman–Crippen MR) is 40.5 cm³/mol. The summed E-state index contributed by atoms with van der Waals surface area (Å²) < 4.78 is 0. The summed E-state index contributed by atoms with van der Waals surface area (Å²) in [7, 11) is 0. The fourth-order valence-electron chi connectivity index (χ4n) is 0.998. The normalized spacial score (nSPS) is 39.7. The first-order valence-corrected chi connectivity index (χ1v) is 3.10. The third-order valence-corrected chi connectivity index (χ3v) is 1.67. The van der Waals surface area contributed by atoms with Crippen LogP contribution in [-0.2, 0) is 0 Å². The van der Waals surface area contributed by atoms with E-state index in [0.29, 0.717) is 0 Å². The second-order valence-corrected chi connectivity index (χ2v) is 2.34. The van der Waals surface area contributed by atoms with E-state index in [2.05, 4.69) is 20.3 Å². The number of fused-ring (bicyclic) bond motifs is 1. The molecule has 0 aromatic heterocycles. The smallest absolute Gasteiger partial charge is 0.239 e. The molecular weight excluding hydrogens is 146 g/mol. The van der Waals surface area contributed by atoms with Gasteiger partial charge in [-0.3, -0.25) is 0 Å². The fourth-order valence-corrected chi connectivity index (χ4v) is 0.998. The highest BCUT2D eigenvalue weighted by Gasteiger charge is 2.44.